The van der Waals surface area contributed by atoms with Crippen molar-refractivity contribution >= 4 is 7.82 Å². The molecule has 0 radical (unpaired) electrons. The van der Waals surface area contributed by atoms with Crippen LogP contribution in [0.2, 0.25) is 0 Å². The molecule has 0 amide bonds. The van der Waals surface area contributed by atoms with E-state index < -0.39 is 7.82 Å². The second-order valence-electron chi connectivity index (χ2n) is 1.22. The Morgan fingerprint density at radius 2 is 2.20 bits per heavy atom. The first-order valence-corrected chi connectivity index (χ1v) is 4.00. The molecule has 10 heavy (non-hydrogen) atoms. The zero-order valence-electron chi connectivity index (χ0n) is 5.77. The first kappa shape index (κ1) is 10.0. The topological polar surface area (TPSA) is 80.0 Å². The molecule has 0 aromatic heterocycles. The minimum Gasteiger partial charge on any atom is -0.288 e. The number of hydrogen-bond acceptors (Lipinski definition) is 6. The smallest absolute Gasteiger partial charge is 0.288 e. The molecule has 2 N–H and O–H groups in total. The summed E-state index contributed by atoms with van der Waals surface area (Å²) in [5.74, 6) is 4.57. The summed E-state index contributed by atoms with van der Waals surface area (Å²) >= 11 is 0. The number of rotatable bonds is 5. The van der Waals surface area contributed by atoms with Gasteiger partial charge in [-0.25, -0.2) is 15.3 Å². The molecule has 0 bridgehead atoms. The Kier molecular flexibility index (Phi) is 4.80. The van der Waals surface area contributed by atoms with Crippen LogP contribution < -0.4 is 5.90 Å². The summed E-state index contributed by atoms with van der Waals surface area (Å²) in [6.07, 6.45) is 0. The summed E-state index contributed by atoms with van der Waals surface area (Å²) in [6, 6.07) is 0. The summed E-state index contributed by atoms with van der Waals surface area (Å²) in [5, 5.41) is 0. The van der Waals surface area contributed by atoms with Crippen molar-refractivity contribution in [2.75, 3.05) is 13.7 Å². The van der Waals surface area contributed by atoms with Gasteiger partial charge < -0.3 is 0 Å². The standard InChI is InChI=1S/C3H10NO5P/c1-3-7-9-10(5,6-2)8-4/h3-4H2,1-2H3. The van der Waals surface area contributed by atoms with Crippen LogP contribution in [0.1, 0.15) is 6.92 Å². The molecule has 0 fully saturated rings. The number of phosphoric acid groups is 1. The van der Waals surface area contributed by atoms with Crippen molar-refractivity contribution in [2.24, 2.45) is 5.90 Å². The van der Waals surface area contributed by atoms with Crippen LogP contribution in [0.15, 0.2) is 0 Å². The third-order valence-electron chi connectivity index (χ3n) is 0.615. The molecule has 0 aromatic rings. The molecule has 6 nitrogen and oxygen atoms in total. The second kappa shape index (κ2) is 4.79. The predicted octanol–water partition coefficient (Wildman–Crippen LogP) is 0.599. The number of nitrogens with two attached hydrogens (primary N) is 1. The van der Waals surface area contributed by atoms with Gasteiger partial charge in [0, 0.05) is 7.11 Å². The van der Waals surface area contributed by atoms with Gasteiger partial charge in [0.25, 0.3) is 0 Å². The lowest BCUT2D eigenvalue weighted by Gasteiger charge is -2.09. The molecule has 7 heteroatoms. The maximum Gasteiger partial charge on any atom is 0.518 e. The molecule has 0 aliphatic rings. The van der Waals surface area contributed by atoms with Gasteiger partial charge in [0.05, 0.1) is 6.61 Å². The first-order valence-electron chi connectivity index (χ1n) is 2.54. The van der Waals surface area contributed by atoms with Gasteiger partial charge in [0.15, 0.2) is 0 Å². The predicted molar refractivity (Wildman–Crippen MR) is 32.6 cm³/mol. The van der Waals surface area contributed by atoms with Gasteiger partial charge in [0.1, 0.15) is 0 Å². The normalized spacial score (nSPS) is 16.7. The zero-order valence-corrected chi connectivity index (χ0v) is 6.67. The van der Waals surface area contributed by atoms with Crippen LogP contribution in [0, 0.1) is 0 Å². The van der Waals surface area contributed by atoms with Crippen LogP contribution in [0.5, 0.6) is 0 Å². The Morgan fingerprint density at radius 3 is 2.50 bits per heavy atom. The highest BCUT2D eigenvalue weighted by Gasteiger charge is 2.24. The van der Waals surface area contributed by atoms with E-state index in [9.17, 15) is 4.57 Å². The average molecular weight is 171 g/mol. The lowest BCUT2D eigenvalue weighted by molar-refractivity contribution is -0.221. The Bertz CT molecular complexity index is 120. The molecule has 0 saturated carbocycles. The fraction of sp³-hybridized carbons (Fsp3) is 1.00. The van der Waals surface area contributed by atoms with E-state index in [2.05, 4.69) is 24.6 Å². The SMILES string of the molecule is CCOOP(=O)(OC)ON. The molecule has 0 saturated heterocycles. The summed E-state index contributed by atoms with van der Waals surface area (Å²) < 4.78 is 23.1. The third-order valence-corrected chi connectivity index (χ3v) is 1.61. The van der Waals surface area contributed by atoms with Gasteiger partial charge in [0.2, 0.25) is 0 Å². The van der Waals surface area contributed by atoms with Crippen molar-refractivity contribution in [3.63, 3.8) is 0 Å². The van der Waals surface area contributed by atoms with Crippen molar-refractivity contribution in [1.29, 1.82) is 0 Å². The van der Waals surface area contributed by atoms with Crippen molar-refractivity contribution in [3.05, 3.63) is 0 Å². The largest absolute Gasteiger partial charge is 0.518 e. The van der Waals surface area contributed by atoms with Crippen molar-refractivity contribution in [2.45, 2.75) is 6.92 Å². The monoisotopic (exact) mass is 171 g/mol. The maximum absolute atomic E-state index is 10.8. The molecule has 0 aromatic carbocycles. The minimum atomic E-state index is -3.64. The van der Waals surface area contributed by atoms with Crippen LogP contribution >= 0.6 is 7.82 Å². The minimum absolute atomic E-state index is 0.233. The van der Waals surface area contributed by atoms with Crippen LogP contribution in [-0.2, 0) is 23.3 Å². The van der Waals surface area contributed by atoms with Gasteiger partial charge in [-0.1, -0.05) is 0 Å². The maximum atomic E-state index is 10.8. The van der Waals surface area contributed by atoms with E-state index in [0.29, 0.717) is 0 Å². The van der Waals surface area contributed by atoms with E-state index in [1.807, 2.05) is 0 Å². The van der Waals surface area contributed by atoms with E-state index >= 15 is 0 Å². The second-order valence-corrected chi connectivity index (χ2v) is 2.84. The zero-order chi connectivity index (χ0) is 8.04. The average Bonchev–Trinajstić information content (AvgIpc) is 2.00. The Balaban J connectivity index is 3.70. The molecule has 0 heterocycles. The quantitative estimate of drug-likeness (QED) is 0.370. The molecule has 0 aliphatic heterocycles. The van der Waals surface area contributed by atoms with E-state index in [-0.39, 0.29) is 6.61 Å². The number of hydrogen-bond donors (Lipinski definition) is 1. The molecule has 0 aliphatic carbocycles. The molecular formula is C3H10NO5P. The van der Waals surface area contributed by atoms with Gasteiger partial charge >= 0.3 is 7.82 Å². The summed E-state index contributed by atoms with van der Waals surface area (Å²) in [5.41, 5.74) is 0. The highest BCUT2D eigenvalue weighted by Crippen LogP contribution is 2.46. The molecular weight excluding hydrogens is 161 g/mol. The first-order chi connectivity index (χ1) is 4.68. The summed E-state index contributed by atoms with van der Waals surface area (Å²) in [4.78, 5) is 4.29. The molecule has 1 unspecified atom stereocenters. The van der Waals surface area contributed by atoms with E-state index in [1.54, 1.807) is 6.92 Å². The molecule has 0 rings (SSSR count). The van der Waals surface area contributed by atoms with Crippen molar-refractivity contribution < 1.29 is 23.3 Å². The van der Waals surface area contributed by atoms with Crippen molar-refractivity contribution in [1.82, 2.24) is 0 Å². The fourth-order valence-electron chi connectivity index (χ4n) is 0.208. The highest BCUT2D eigenvalue weighted by molar-refractivity contribution is 7.48. The van der Waals surface area contributed by atoms with Crippen molar-refractivity contribution in [3.8, 4) is 0 Å². The van der Waals surface area contributed by atoms with Gasteiger partial charge in [-0.15, -0.1) is 4.67 Å². The van der Waals surface area contributed by atoms with Crippen LogP contribution in [-0.4, -0.2) is 13.7 Å². The van der Waals surface area contributed by atoms with Crippen LogP contribution in [0.25, 0.3) is 0 Å². The van der Waals surface area contributed by atoms with Crippen LogP contribution in [0.4, 0.5) is 0 Å². The van der Waals surface area contributed by atoms with Gasteiger partial charge in [-0.3, -0.25) is 4.52 Å². The third kappa shape index (κ3) is 3.26. The van der Waals surface area contributed by atoms with Gasteiger partial charge in [-0.05, 0) is 6.92 Å². The lowest BCUT2D eigenvalue weighted by Crippen LogP contribution is -2.02. The van der Waals surface area contributed by atoms with Gasteiger partial charge in [-0.2, -0.15) is 4.62 Å². The van der Waals surface area contributed by atoms with E-state index in [1.165, 1.54) is 0 Å². The summed E-state index contributed by atoms with van der Waals surface area (Å²) in [6.45, 7) is 1.88. The molecule has 1 atom stereocenters. The Morgan fingerprint density at radius 1 is 1.60 bits per heavy atom. The van der Waals surface area contributed by atoms with E-state index in [0.717, 1.165) is 7.11 Å². The highest BCUT2D eigenvalue weighted by atomic mass is 31.2. The molecule has 0 spiro atoms. The fourth-order valence-corrected chi connectivity index (χ4v) is 0.625. The summed E-state index contributed by atoms with van der Waals surface area (Å²) in [7, 11) is -2.51. The Hall–Kier alpha value is 0.0300. The van der Waals surface area contributed by atoms with Crippen LogP contribution in [0.3, 0.4) is 0 Å². The Labute approximate surface area is 58.7 Å². The lowest BCUT2D eigenvalue weighted by atomic mass is 10.9. The molecule has 62 valence electrons. The van der Waals surface area contributed by atoms with E-state index in [4.69, 9.17) is 0 Å².